The molecule has 20 heavy (non-hydrogen) atoms. The zero-order valence-corrected chi connectivity index (χ0v) is 12.4. The summed E-state index contributed by atoms with van der Waals surface area (Å²) in [6, 6.07) is 0.928. The maximum absolute atomic E-state index is 12.7. The Bertz CT molecular complexity index is 455. The molecule has 0 atom stereocenters. The van der Waals surface area contributed by atoms with Crippen molar-refractivity contribution in [2.24, 2.45) is 11.3 Å². The molecule has 0 saturated heterocycles. The molecule has 0 saturated carbocycles. The van der Waals surface area contributed by atoms with Gasteiger partial charge in [-0.1, -0.05) is 27.7 Å². The second-order valence-corrected chi connectivity index (χ2v) is 5.71. The summed E-state index contributed by atoms with van der Waals surface area (Å²) in [6.45, 7) is 8.77. The topological polar surface area (TPSA) is 49.8 Å². The smallest absolute Gasteiger partial charge is 0.369 e. The second kappa shape index (κ2) is 5.85. The van der Waals surface area contributed by atoms with Gasteiger partial charge in [-0.2, -0.15) is 18.2 Å². The van der Waals surface area contributed by atoms with Crippen molar-refractivity contribution < 1.29 is 13.2 Å². The maximum Gasteiger partial charge on any atom is 0.433 e. The zero-order chi connectivity index (χ0) is 15.6. The fourth-order valence-electron chi connectivity index (χ4n) is 1.32. The Balaban J connectivity index is 2.96. The summed E-state index contributed by atoms with van der Waals surface area (Å²) in [7, 11) is 1.48. The lowest BCUT2D eigenvalue weighted by molar-refractivity contribution is -0.141. The summed E-state index contributed by atoms with van der Waals surface area (Å²) in [5, 5.41) is 5.50. The molecule has 0 radical (unpaired) electrons. The summed E-state index contributed by atoms with van der Waals surface area (Å²) < 4.78 is 38.2. The Kier molecular flexibility index (Phi) is 4.83. The third-order valence-electron chi connectivity index (χ3n) is 3.53. The van der Waals surface area contributed by atoms with E-state index in [2.05, 4.69) is 48.3 Å². The number of anilines is 2. The first-order valence-corrected chi connectivity index (χ1v) is 6.44. The van der Waals surface area contributed by atoms with Crippen LogP contribution in [0, 0.1) is 11.3 Å². The molecule has 1 rings (SSSR count). The van der Waals surface area contributed by atoms with Crippen LogP contribution >= 0.6 is 0 Å². The van der Waals surface area contributed by atoms with Gasteiger partial charge in [-0.25, -0.2) is 4.98 Å². The van der Waals surface area contributed by atoms with Crippen molar-refractivity contribution in [1.82, 2.24) is 9.97 Å². The Morgan fingerprint density at radius 3 is 2.25 bits per heavy atom. The van der Waals surface area contributed by atoms with E-state index in [9.17, 15) is 13.2 Å². The van der Waals surface area contributed by atoms with Gasteiger partial charge >= 0.3 is 6.18 Å². The molecule has 7 heteroatoms. The normalized spacial score (nSPS) is 12.7. The van der Waals surface area contributed by atoms with Crippen LogP contribution in [0.25, 0.3) is 0 Å². The molecule has 114 valence electrons. The monoisotopic (exact) mass is 290 g/mol. The first-order valence-electron chi connectivity index (χ1n) is 6.44. The first kappa shape index (κ1) is 16.5. The Morgan fingerprint density at radius 2 is 1.80 bits per heavy atom. The van der Waals surface area contributed by atoms with Gasteiger partial charge in [-0.15, -0.1) is 0 Å². The largest absolute Gasteiger partial charge is 0.433 e. The average Bonchev–Trinajstić information content (AvgIpc) is 2.34. The van der Waals surface area contributed by atoms with E-state index in [1.165, 1.54) is 7.05 Å². The van der Waals surface area contributed by atoms with E-state index in [0.717, 1.165) is 6.07 Å². The standard InChI is InChI=1S/C13H21F3N4/c1-8(2)12(3,4)7-18-10-6-9(13(14,15)16)19-11(17-5)20-10/h6,8H,7H2,1-5H3,(H2,17,18,19,20). The minimum Gasteiger partial charge on any atom is -0.369 e. The van der Waals surface area contributed by atoms with Crippen molar-refractivity contribution in [1.29, 1.82) is 0 Å². The Morgan fingerprint density at radius 1 is 1.20 bits per heavy atom. The van der Waals surface area contributed by atoms with E-state index in [1.54, 1.807) is 0 Å². The lowest BCUT2D eigenvalue weighted by atomic mass is 9.81. The molecule has 4 nitrogen and oxygen atoms in total. The van der Waals surface area contributed by atoms with E-state index in [0.29, 0.717) is 12.5 Å². The van der Waals surface area contributed by atoms with Crippen LogP contribution in [0.2, 0.25) is 0 Å². The van der Waals surface area contributed by atoms with Crippen LogP contribution in [0.4, 0.5) is 24.9 Å². The third-order valence-corrected chi connectivity index (χ3v) is 3.53. The van der Waals surface area contributed by atoms with Crippen LogP contribution in [-0.2, 0) is 6.18 Å². The highest BCUT2D eigenvalue weighted by Gasteiger charge is 2.34. The highest BCUT2D eigenvalue weighted by molar-refractivity contribution is 5.43. The molecule has 0 unspecified atom stereocenters. The van der Waals surface area contributed by atoms with Crippen LogP contribution in [0.3, 0.4) is 0 Å². The summed E-state index contributed by atoms with van der Waals surface area (Å²) in [5.74, 6) is 0.512. The lowest BCUT2D eigenvalue weighted by Gasteiger charge is -2.29. The Hall–Kier alpha value is -1.53. The van der Waals surface area contributed by atoms with Crippen molar-refractivity contribution in [2.45, 2.75) is 33.9 Å². The van der Waals surface area contributed by atoms with E-state index >= 15 is 0 Å². The summed E-state index contributed by atoms with van der Waals surface area (Å²) in [4.78, 5) is 7.41. The van der Waals surface area contributed by atoms with Crippen molar-refractivity contribution in [3.63, 3.8) is 0 Å². The fourth-order valence-corrected chi connectivity index (χ4v) is 1.32. The number of nitrogens with zero attached hydrogens (tertiary/aromatic N) is 2. The highest BCUT2D eigenvalue weighted by atomic mass is 19.4. The van der Waals surface area contributed by atoms with Crippen LogP contribution in [0.5, 0.6) is 0 Å². The second-order valence-electron chi connectivity index (χ2n) is 5.71. The minimum absolute atomic E-state index is 0.0512. The van der Waals surface area contributed by atoms with Crippen molar-refractivity contribution in [3.8, 4) is 0 Å². The van der Waals surface area contributed by atoms with Crippen molar-refractivity contribution >= 4 is 11.8 Å². The van der Waals surface area contributed by atoms with Gasteiger partial charge in [0, 0.05) is 19.7 Å². The van der Waals surface area contributed by atoms with Gasteiger partial charge in [0.05, 0.1) is 0 Å². The van der Waals surface area contributed by atoms with E-state index in [4.69, 9.17) is 0 Å². The molecule has 0 fully saturated rings. The van der Waals surface area contributed by atoms with Crippen LogP contribution in [0.1, 0.15) is 33.4 Å². The zero-order valence-electron chi connectivity index (χ0n) is 12.4. The van der Waals surface area contributed by atoms with Gasteiger partial charge in [-0.05, 0) is 11.3 Å². The molecular weight excluding hydrogens is 269 g/mol. The van der Waals surface area contributed by atoms with Crippen molar-refractivity contribution in [3.05, 3.63) is 11.8 Å². The molecule has 0 aliphatic heterocycles. The third kappa shape index (κ3) is 4.25. The van der Waals surface area contributed by atoms with Crippen LogP contribution in [0.15, 0.2) is 6.07 Å². The van der Waals surface area contributed by atoms with Crippen LogP contribution < -0.4 is 10.6 Å². The number of hydrogen-bond acceptors (Lipinski definition) is 4. The number of alkyl halides is 3. The summed E-state index contributed by atoms with van der Waals surface area (Å²) in [5.41, 5.74) is -1.01. The highest BCUT2D eigenvalue weighted by Crippen LogP contribution is 2.30. The van der Waals surface area contributed by atoms with Gasteiger partial charge in [0.1, 0.15) is 5.82 Å². The molecule has 0 bridgehead atoms. The predicted molar refractivity (Wildman–Crippen MR) is 73.7 cm³/mol. The number of nitrogens with one attached hydrogen (secondary N) is 2. The maximum atomic E-state index is 12.7. The molecule has 0 aromatic carbocycles. The molecule has 0 aliphatic rings. The number of aromatic nitrogens is 2. The number of hydrogen-bond donors (Lipinski definition) is 2. The SMILES string of the molecule is CNc1nc(NCC(C)(C)C(C)C)cc(C(F)(F)F)n1. The predicted octanol–water partition coefficient (Wildman–Crippen LogP) is 3.63. The number of rotatable bonds is 5. The van der Waals surface area contributed by atoms with E-state index in [-0.39, 0.29) is 17.2 Å². The van der Waals surface area contributed by atoms with E-state index < -0.39 is 11.9 Å². The van der Waals surface area contributed by atoms with Gasteiger partial charge < -0.3 is 10.6 Å². The molecule has 0 amide bonds. The molecular formula is C13H21F3N4. The Labute approximate surface area is 117 Å². The van der Waals surface area contributed by atoms with E-state index in [1.807, 2.05) is 0 Å². The lowest BCUT2D eigenvalue weighted by Crippen LogP contribution is -2.29. The van der Waals surface area contributed by atoms with Gasteiger partial charge in [-0.3, -0.25) is 0 Å². The van der Waals surface area contributed by atoms with Crippen LogP contribution in [-0.4, -0.2) is 23.6 Å². The summed E-state index contributed by atoms with van der Waals surface area (Å²) in [6.07, 6.45) is -4.49. The minimum atomic E-state index is -4.49. The molecule has 1 aromatic rings. The summed E-state index contributed by atoms with van der Waals surface area (Å²) >= 11 is 0. The van der Waals surface area contributed by atoms with Crippen molar-refractivity contribution in [2.75, 3.05) is 24.2 Å². The molecule has 0 spiro atoms. The fraction of sp³-hybridized carbons (Fsp3) is 0.692. The molecule has 1 aromatic heterocycles. The van der Waals surface area contributed by atoms with Gasteiger partial charge in [0.2, 0.25) is 5.95 Å². The quantitative estimate of drug-likeness (QED) is 0.869. The van der Waals surface area contributed by atoms with Gasteiger partial charge in [0.15, 0.2) is 5.69 Å². The number of halogens is 3. The molecule has 0 aliphatic carbocycles. The molecule has 1 heterocycles. The first-order chi connectivity index (χ1) is 9.06. The molecule has 2 N–H and O–H groups in total. The average molecular weight is 290 g/mol. The van der Waals surface area contributed by atoms with Gasteiger partial charge in [0.25, 0.3) is 0 Å².